The van der Waals surface area contributed by atoms with E-state index in [0.717, 1.165) is 30.7 Å². The molecular weight excluding hydrogens is 388 g/mol. The van der Waals surface area contributed by atoms with Gasteiger partial charge in [-0.25, -0.2) is 0 Å². The van der Waals surface area contributed by atoms with Gasteiger partial charge in [-0.15, -0.1) is 0 Å². The van der Waals surface area contributed by atoms with Gasteiger partial charge in [-0.2, -0.15) is 0 Å². The summed E-state index contributed by atoms with van der Waals surface area (Å²) in [5.41, 5.74) is 2.55. The van der Waals surface area contributed by atoms with Gasteiger partial charge in [0.1, 0.15) is 5.75 Å². The number of nitrogens with one attached hydrogen (secondary N) is 1. The Bertz CT molecular complexity index is 983. The Kier molecular flexibility index (Phi) is 7.82. The highest BCUT2D eigenvalue weighted by Crippen LogP contribution is 2.18. The number of nitrogens with zero attached hydrogens (tertiary/aromatic N) is 1. The van der Waals surface area contributed by atoms with Crippen molar-refractivity contribution in [3.05, 3.63) is 90.0 Å². The second-order valence-corrected chi connectivity index (χ2v) is 7.31. The van der Waals surface area contributed by atoms with Crippen LogP contribution >= 0.6 is 0 Å². The molecule has 0 radical (unpaired) electrons. The molecule has 0 atom stereocenters. The number of hydrogen-bond donors (Lipinski definition) is 1. The van der Waals surface area contributed by atoms with E-state index in [0.29, 0.717) is 23.4 Å². The molecule has 0 fully saturated rings. The highest BCUT2D eigenvalue weighted by atomic mass is 16.5. The topological polar surface area (TPSA) is 58.6 Å². The molecule has 0 heterocycles. The van der Waals surface area contributed by atoms with Crippen molar-refractivity contribution in [2.75, 3.05) is 23.9 Å². The molecule has 1 N–H and O–H groups in total. The molecule has 0 spiro atoms. The van der Waals surface area contributed by atoms with E-state index in [9.17, 15) is 9.59 Å². The van der Waals surface area contributed by atoms with Gasteiger partial charge in [0.05, 0.1) is 6.61 Å². The summed E-state index contributed by atoms with van der Waals surface area (Å²) in [4.78, 5) is 26.8. The minimum absolute atomic E-state index is 0.112. The fourth-order valence-electron chi connectivity index (χ4n) is 3.11. The van der Waals surface area contributed by atoms with Crippen molar-refractivity contribution >= 4 is 23.2 Å². The molecule has 0 aromatic heterocycles. The lowest BCUT2D eigenvalue weighted by Gasteiger charge is -2.17. The summed E-state index contributed by atoms with van der Waals surface area (Å²) >= 11 is 0. The van der Waals surface area contributed by atoms with Gasteiger partial charge in [0.25, 0.3) is 11.8 Å². The molecule has 0 aliphatic heterocycles. The number of amides is 2. The minimum atomic E-state index is -0.210. The van der Waals surface area contributed by atoms with Crippen molar-refractivity contribution in [3.8, 4) is 5.75 Å². The summed E-state index contributed by atoms with van der Waals surface area (Å²) in [6.45, 7) is 2.84. The lowest BCUT2D eigenvalue weighted by atomic mass is 10.1. The standard InChI is InChI=1S/C26H28N2O3/c1-3-4-8-19-31-24-17-13-20(14-18-24)25(29)27-22-15-11-21(12-16-22)26(30)28(2)23-9-6-5-7-10-23/h5-7,9-18H,3-4,8,19H2,1-2H3,(H,27,29). The van der Waals surface area contributed by atoms with Crippen LogP contribution < -0.4 is 15.0 Å². The Morgan fingerprint density at radius 3 is 2.13 bits per heavy atom. The van der Waals surface area contributed by atoms with Crippen LogP contribution in [0.25, 0.3) is 0 Å². The third-order valence-electron chi connectivity index (χ3n) is 4.97. The van der Waals surface area contributed by atoms with Crippen molar-refractivity contribution < 1.29 is 14.3 Å². The zero-order chi connectivity index (χ0) is 22.1. The first-order valence-corrected chi connectivity index (χ1v) is 10.6. The summed E-state index contributed by atoms with van der Waals surface area (Å²) in [5.74, 6) is 0.440. The maximum absolute atomic E-state index is 12.7. The molecular formula is C26H28N2O3. The SMILES string of the molecule is CCCCCOc1ccc(C(=O)Nc2ccc(C(=O)N(C)c3ccccc3)cc2)cc1. The molecule has 0 bridgehead atoms. The van der Waals surface area contributed by atoms with E-state index >= 15 is 0 Å². The van der Waals surface area contributed by atoms with E-state index in [4.69, 9.17) is 4.74 Å². The first kappa shape index (κ1) is 22.1. The zero-order valence-electron chi connectivity index (χ0n) is 18.0. The summed E-state index contributed by atoms with van der Waals surface area (Å²) < 4.78 is 5.68. The van der Waals surface area contributed by atoms with Crippen molar-refractivity contribution in [1.29, 1.82) is 0 Å². The highest BCUT2D eigenvalue weighted by molar-refractivity contribution is 6.07. The smallest absolute Gasteiger partial charge is 0.258 e. The lowest BCUT2D eigenvalue weighted by Crippen LogP contribution is -2.26. The van der Waals surface area contributed by atoms with Crippen LogP contribution in [0.4, 0.5) is 11.4 Å². The second kappa shape index (κ2) is 11.0. The molecule has 160 valence electrons. The van der Waals surface area contributed by atoms with Crippen molar-refractivity contribution in [3.63, 3.8) is 0 Å². The fraction of sp³-hybridized carbons (Fsp3) is 0.231. The third-order valence-corrected chi connectivity index (χ3v) is 4.97. The molecule has 31 heavy (non-hydrogen) atoms. The number of ether oxygens (including phenoxy) is 1. The Morgan fingerprint density at radius 1 is 0.839 bits per heavy atom. The van der Waals surface area contributed by atoms with E-state index < -0.39 is 0 Å². The van der Waals surface area contributed by atoms with Crippen LogP contribution in [0.5, 0.6) is 5.75 Å². The first-order valence-electron chi connectivity index (χ1n) is 10.6. The summed E-state index contributed by atoms with van der Waals surface area (Å²) in [6, 6.07) is 23.5. The molecule has 5 heteroatoms. The van der Waals surface area contributed by atoms with E-state index in [2.05, 4.69) is 12.2 Å². The largest absolute Gasteiger partial charge is 0.494 e. The number of anilines is 2. The molecule has 0 saturated carbocycles. The molecule has 0 unspecified atom stereocenters. The van der Waals surface area contributed by atoms with Crippen LogP contribution in [0.15, 0.2) is 78.9 Å². The van der Waals surface area contributed by atoms with Gasteiger partial charge >= 0.3 is 0 Å². The van der Waals surface area contributed by atoms with Gasteiger partial charge in [-0.1, -0.05) is 38.0 Å². The molecule has 0 saturated heterocycles. The van der Waals surface area contributed by atoms with Crippen molar-refractivity contribution in [2.24, 2.45) is 0 Å². The van der Waals surface area contributed by atoms with Crippen LogP contribution in [0.1, 0.15) is 46.9 Å². The van der Waals surface area contributed by atoms with Crippen LogP contribution in [0, 0.1) is 0 Å². The maximum Gasteiger partial charge on any atom is 0.258 e. The van der Waals surface area contributed by atoms with E-state index in [1.165, 1.54) is 0 Å². The van der Waals surface area contributed by atoms with Crippen molar-refractivity contribution in [1.82, 2.24) is 0 Å². The molecule has 5 nitrogen and oxygen atoms in total. The van der Waals surface area contributed by atoms with Gasteiger partial charge in [0, 0.05) is 29.5 Å². The number of carbonyl (C=O) groups excluding carboxylic acids is 2. The molecule has 0 aliphatic rings. The number of hydrogen-bond acceptors (Lipinski definition) is 3. The predicted octanol–water partition coefficient (Wildman–Crippen LogP) is 5.78. The molecule has 2 amide bonds. The predicted molar refractivity (Wildman–Crippen MR) is 125 cm³/mol. The minimum Gasteiger partial charge on any atom is -0.494 e. The number of carbonyl (C=O) groups is 2. The Hall–Kier alpha value is -3.60. The highest BCUT2D eigenvalue weighted by Gasteiger charge is 2.13. The Morgan fingerprint density at radius 2 is 1.48 bits per heavy atom. The zero-order valence-corrected chi connectivity index (χ0v) is 18.0. The first-order chi connectivity index (χ1) is 15.1. The summed E-state index contributed by atoms with van der Waals surface area (Å²) in [5, 5.41) is 2.86. The fourth-order valence-corrected chi connectivity index (χ4v) is 3.11. The summed E-state index contributed by atoms with van der Waals surface area (Å²) in [7, 11) is 1.74. The van der Waals surface area contributed by atoms with E-state index in [1.54, 1.807) is 48.3 Å². The van der Waals surface area contributed by atoms with Crippen LogP contribution in [0.3, 0.4) is 0 Å². The quantitative estimate of drug-likeness (QED) is 0.450. The van der Waals surface area contributed by atoms with Crippen LogP contribution in [-0.2, 0) is 0 Å². The number of para-hydroxylation sites is 1. The van der Waals surface area contributed by atoms with E-state index in [1.807, 2.05) is 42.5 Å². The Labute approximate surface area is 183 Å². The normalized spacial score (nSPS) is 10.4. The molecule has 3 aromatic rings. The number of rotatable bonds is 9. The van der Waals surface area contributed by atoms with Gasteiger partial charge in [0.15, 0.2) is 0 Å². The summed E-state index contributed by atoms with van der Waals surface area (Å²) in [6.07, 6.45) is 3.33. The van der Waals surface area contributed by atoms with Gasteiger partial charge in [-0.3, -0.25) is 9.59 Å². The van der Waals surface area contributed by atoms with E-state index in [-0.39, 0.29) is 11.8 Å². The third kappa shape index (κ3) is 6.19. The number of unbranched alkanes of at least 4 members (excludes halogenated alkanes) is 2. The van der Waals surface area contributed by atoms with Crippen molar-refractivity contribution in [2.45, 2.75) is 26.2 Å². The van der Waals surface area contributed by atoms with Crippen LogP contribution in [-0.4, -0.2) is 25.5 Å². The Balaban J connectivity index is 1.56. The average Bonchev–Trinajstić information content (AvgIpc) is 2.82. The average molecular weight is 417 g/mol. The van der Waals surface area contributed by atoms with Gasteiger partial charge in [-0.05, 0) is 67.1 Å². The monoisotopic (exact) mass is 416 g/mol. The lowest BCUT2D eigenvalue weighted by molar-refractivity contribution is 0.0991. The second-order valence-electron chi connectivity index (χ2n) is 7.31. The number of benzene rings is 3. The molecule has 0 aliphatic carbocycles. The molecule has 3 rings (SSSR count). The van der Waals surface area contributed by atoms with Crippen LogP contribution in [0.2, 0.25) is 0 Å². The van der Waals surface area contributed by atoms with Gasteiger partial charge < -0.3 is 15.0 Å². The maximum atomic E-state index is 12.7. The molecule has 3 aromatic carbocycles. The van der Waals surface area contributed by atoms with Gasteiger partial charge in [0.2, 0.25) is 0 Å².